The molecule has 138 valence electrons. The summed E-state index contributed by atoms with van der Waals surface area (Å²) < 4.78 is 1.77. The van der Waals surface area contributed by atoms with Crippen molar-refractivity contribution >= 4 is 33.3 Å². The molecule has 0 aliphatic rings. The number of rotatable bonds is 6. The molecule has 0 saturated heterocycles. The number of benzene rings is 1. The Morgan fingerprint density at radius 3 is 2.70 bits per heavy atom. The average Bonchev–Trinajstić information content (AvgIpc) is 3.27. The van der Waals surface area contributed by atoms with E-state index in [9.17, 15) is 0 Å². The quantitative estimate of drug-likeness (QED) is 0.529. The lowest BCUT2D eigenvalue weighted by Crippen LogP contribution is -2.14. The van der Waals surface area contributed by atoms with Crippen molar-refractivity contribution in [2.24, 2.45) is 7.05 Å². The third-order valence-corrected chi connectivity index (χ3v) is 5.05. The zero-order valence-corrected chi connectivity index (χ0v) is 15.9. The van der Waals surface area contributed by atoms with E-state index in [1.807, 2.05) is 37.4 Å². The molecule has 4 aromatic rings. The normalized spacial score (nSPS) is 12.4. The predicted molar refractivity (Wildman–Crippen MR) is 107 cm³/mol. The maximum atomic E-state index is 5.82. The first-order valence-corrected chi connectivity index (χ1v) is 9.56. The molecule has 27 heavy (non-hydrogen) atoms. The first-order valence-electron chi connectivity index (χ1n) is 8.74. The molecule has 8 nitrogen and oxygen atoms in total. The fourth-order valence-electron chi connectivity index (χ4n) is 2.95. The molecule has 9 heteroatoms. The van der Waals surface area contributed by atoms with Gasteiger partial charge >= 0.3 is 0 Å². The van der Waals surface area contributed by atoms with Crippen LogP contribution in [0.3, 0.4) is 0 Å². The van der Waals surface area contributed by atoms with Crippen LogP contribution in [0.4, 0.5) is 10.9 Å². The van der Waals surface area contributed by atoms with E-state index in [1.165, 1.54) is 11.3 Å². The number of aryl methyl sites for hydroxylation is 2. The van der Waals surface area contributed by atoms with Gasteiger partial charge in [-0.15, -0.1) is 10.2 Å². The summed E-state index contributed by atoms with van der Waals surface area (Å²) in [6, 6.07) is 9.85. The van der Waals surface area contributed by atoms with Crippen molar-refractivity contribution in [3.05, 3.63) is 52.9 Å². The highest BCUT2D eigenvalue weighted by Gasteiger charge is 2.21. The molecule has 0 fully saturated rings. The highest BCUT2D eigenvalue weighted by molar-refractivity contribution is 7.15. The molecular weight excluding hydrogens is 360 g/mol. The Kier molecular flexibility index (Phi) is 4.68. The third kappa shape index (κ3) is 3.45. The molecule has 4 rings (SSSR count). The minimum absolute atomic E-state index is 0.214. The highest BCUT2D eigenvalue weighted by Crippen LogP contribution is 2.31. The van der Waals surface area contributed by atoms with Gasteiger partial charge in [-0.2, -0.15) is 5.10 Å². The molecule has 0 bridgehead atoms. The van der Waals surface area contributed by atoms with Gasteiger partial charge in [0.25, 0.3) is 0 Å². The molecule has 3 aromatic heterocycles. The molecule has 1 aromatic carbocycles. The van der Waals surface area contributed by atoms with E-state index in [4.69, 9.17) is 10.7 Å². The number of nitrogens with zero attached hydrogens (tertiary/aromatic N) is 6. The van der Waals surface area contributed by atoms with Crippen molar-refractivity contribution in [3.8, 4) is 0 Å². The summed E-state index contributed by atoms with van der Waals surface area (Å²) in [5, 5.41) is 18.2. The molecule has 3 N–H and O–H groups in total. The maximum absolute atomic E-state index is 5.82. The lowest BCUT2D eigenvalue weighted by Gasteiger charge is -2.18. The Hall–Kier alpha value is -3.07. The second-order valence-electron chi connectivity index (χ2n) is 6.21. The van der Waals surface area contributed by atoms with Gasteiger partial charge in [0.05, 0.1) is 11.6 Å². The minimum atomic E-state index is -0.214. The standard InChI is InChI=1S/C18H20N8S/c1-3-7-13-21-15(12-10-20-26(2)16(12)22-13)23-14(11-8-5-4-6-9-11)17-24-25-18(19)27-17/h4-6,8-10,14H,3,7H2,1-2H3,(H2,19,25)(H,21,22,23)/t14-/m0/s1. The van der Waals surface area contributed by atoms with Crippen LogP contribution in [0.5, 0.6) is 0 Å². The van der Waals surface area contributed by atoms with Gasteiger partial charge in [-0.05, 0) is 12.0 Å². The topological polar surface area (TPSA) is 107 Å². The van der Waals surface area contributed by atoms with Gasteiger partial charge in [-0.3, -0.25) is 4.68 Å². The van der Waals surface area contributed by atoms with E-state index in [0.717, 1.165) is 46.1 Å². The van der Waals surface area contributed by atoms with Gasteiger partial charge in [0.1, 0.15) is 22.7 Å². The van der Waals surface area contributed by atoms with Crippen molar-refractivity contribution in [2.45, 2.75) is 25.8 Å². The maximum Gasteiger partial charge on any atom is 0.203 e. The Bertz CT molecular complexity index is 1060. The molecule has 3 heterocycles. The summed E-state index contributed by atoms with van der Waals surface area (Å²) in [6.45, 7) is 2.11. The summed E-state index contributed by atoms with van der Waals surface area (Å²) >= 11 is 1.36. The predicted octanol–water partition coefficient (Wildman–Crippen LogP) is 2.95. The zero-order valence-electron chi connectivity index (χ0n) is 15.1. The van der Waals surface area contributed by atoms with Crippen LogP contribution in [-0.4, -0.2) is 29.9 Å². The summed E-state index contributed by atoms with van der Waals surface area (Å²) in [5.41, 5.74) is 7.69. The Morgan fingerprint density at radius 1 is 1.19 bits per heavy atom. The van der Waals surface area contributed by atoms with E-state index in [0.29, 0.717) is 5.13 Å². The van der Waals surface area contributed by atoms with Gasteiger partial charge < -0.3 is 11.1 Å². The largest absolute Gasteiger partial charge is 0.374 e. The number of fused-ring (bicyclic) bond motifs is 1. The summed E-state index contributed by atoms with van der Waals surface area (Å²) in [7, 11) is 1.88. The second-order valence-corrected chi connectivity index (χ2v) is 7.25. The van der Waals surface area contributed by atoms with Crippen LogP contribution >= 0.6 is 11.3 Å². The van der Waals surface area contributed by atoms with Crippen molar-refractivity contribution in [3.63, 3.8) is 0 Å². The molecule has 1 atom stereocenters. The molecule has 0 unspecified atom stereocenters. The summed E-state index contributed by atoms with van der Waals surface area (Å²) in [4.78, 5) is 9.40. The second kappa shape index (κ2) is 7.28. The zero-order chi connectivity index (χ0) is 18.8. The van der Waals surface area contributed by atoms with Crippen LogP contribution in [-0.2, 0) is 13.5 Å². The van der Waals surface area contributed by atoms with Crippen molar-refractivity contribution < 1.29 is 0 Å². The smallest absolute Gasteiger partial charge is 0.203 e. The number of hydrogen-bond acceptors (Lipinski definition) is 8. The van der Waals surface area contributed by atoms with E-state index >= 15 is 0 Å². The van der Waals surface area contributed by atoms with Gasteiger partial charge in [-0.1, -0.05) is 48.6 Å². The van der Waals surface area contributed by atoms with Crippen molar-refractivity contribution in [1.29, 1.82) is 0 Å². The van der Waals surface area contributed by atoms with Gasteiger partial charge in [0, 0.05) is 13.5 Å². The third-order valence-electron chi connectivity index (χ3n) is 4.23. The first kappa shape index (κ1) is 17.3. The van der Waals surface area contributed by atoms with Crippen LogP contribution in [0.2, 0.25) is 0 Å². The minimum Gasteiger partial charge on any atom is -0.374 e. The number of nitrogens with one attached hydrogen (secondary N) is 1. The molecule has 0 spiro atoms. The Labute approximate surface area is 160 Å². The lowest BCUT2D eigenvalue weighted by atomic mass is 10.1. The van der Waals surface area contributed by atoms with Crippen LogP contribution in [0.15, 0.2) is 36.5 Å². The number of aromatic nitrogens is 6. The van der Waals surface area contributed by atoms with E-state index in [-0.39, 0.29) is 6.04 Å². The molecule has 0 amide bonds. The lowest BCUT2D eigenvalue weighted by molar-refractivity contribution is 0.771. The molecule has 0 saturated carbocycles. The van der Waals surface area contributed by atoms with E-state index in [2.05, 4.69) is 32.5 Å². The van der Waals surface area contributed by atoms with Crippen LogP contribution < -0.4 is 11.1 Å². The van der Waals surface area contributed by atoms with Crippen LogP contribution in [0.25, 0.3) is 11.0 Å². The average molecular weight is 380 g/mol. The number of nitrogen functional groups attached to an aromatic ring is 1. The Balaban J connectivity index is 1.81. The van der Waals surface area contributed by atoms with Crippen LogP contribution in [0.1, 0.15) is 35.8 Å². The number of hydrogen-bond donors (Lipinski definition) is 2. The number of nitrogens with two attached hydrogens (primary N) is 1. The summed E-state index contributed by atoms with van der Waals surface area (Å²) in [5.74, 6) is 1.53. The SMILES string of the molecule is CCCc1nc(N[C@@H](c2ccccc2)c2nnc(N)s2)c2cnn(C)c2n1. The molecule has 0 radical (unpaired) electrons. The molecular formula is C18H20N8S. The molecule has 0 aliphatic heterocycles. The number of anilines is 2. The van der Waals surface area contributed by atoms with Gasteiger partial charge in [0.2, 0.25) is 5.13 Å². The van der Waals surface area contributed by atoms with E-state index < -0.39 is 0 Å². The summed E-state index contributed by atoms with van der Waals surface area (Å²) in [6.07, 6.45) is 3.55. The van der Waals surface area contributed by atoms with Gasteiger partial charge in [-0.25, -0.2) is 9.97 Å². The monoisotopic (exact) mass is 380 g/mol. The van der Waals surface area contributed by atoms with Crippen LogP contribution in [0, 0.1) is 0 Å². The van der Waals surface area contributed by atoms with Crippen molar-refractivity contribution in [1.82, 2.24) is 29.9 Å². The highest BCUT2D eigenvalue weighted by atomic mass is 32.1. The fourth-order valence-corrected chi connectivity index (χ4v) is 3.64. The molecule has 0 aliphatic carbocycles. The van der Waals surface area contributed by atoms with E-state index in [1.54, 1.807) is 10.9 Å². The van der Waals surface area contributed by atoms with Crippen molar-refractivity contribution in [2.75, 3.05) is 11.1 Å². The van der Waals surface area contributed by atoms with Gasteiger partial charge in [0.15, 0.2) is 5.65 Å². The Morgan fingerprint density at radius 2 is 2.00 bits per heavy atom. The fraction of sp³-hybridized carbons (Fsp3) is 0.278. The first-order chi connectivity index (χ1) is 13.2.